The molecular formula is C20H36N10Ni. The van der Waals surface area contributed by atoms with Gasteiger partial charge in [-0.3, -0.25) is 0 Å². The van der Waals surface area contributed by atoms with Crippen LogP contribution in [-0.4, -0.2) is 61.4 Å². The maximum Gasteiger partial charge on any atom is 2.00 e. The number of hydrogen-bond acceptors (Lipinski definition) is 8. The average molecular weight is 475 g/mol. The maximum atomic E-state index is 7.43. The van der Waals surface area contributed by atoms with Crippen LogP contribution >= 0.6 is 0 Å². The van der Waals surface area contributed by atoms with Crippen molar-refractivity contribution < 1.29 is 16.5 Å². The van der Waals surface area contributed by atoms with Crippen molar-refractivity contribution in [3.63, 3.8) is 0 Å². The van der Waals surface area contributed by atoms with E-state index in [1.807, 2.05) is 0 Å². The molecule has 1 saturated heterocycles. The van der Waals surface area contributed by atoms with Crippen LogP contribution < -0.4 is 21.3 Å². The molecule has 10 nitrogen and oxygen atoms in total. The zero-order chi connectivity index (χ0) is 23.5. The van der Waals surface area contributed by atoms with E-state index in [1.165, 1.54) is 24.4 Å². The van der Waals surface area contributed by atoms with Crippen LogP contribution in [0.1, 0.15) is 54.4 Å². The Kier molecular flexibility index (Phi) is 21.7. The Morgan fingerprint density at radius 2 is 1.06 bits per heavy atom. The van der Waals surface area contributed by atoms with Crippen LogP contribution in [0.4, 0.5) is 0 Å². The Bertz CT molecular complexity index is 581. The standard InChI is InChI=1S/C16H36N4.2C2N3.Ni/c1-13-11-15(3,4)19-10-8-18-14(2)12-16(5,6)20-9-7-17-13;2*3-1-5-2-4;/h13-14,17-20H,7-12H2,1-6H3;;;/q;2*-1;+2/t13-,14-;;;/m1.../s1. The van der Waals surface area contributed by atoms with Crippen molar-refractivity contribution in [1.82, 2.24) is 21.3 Å². The minimum absolute atomic E-state index is 0. The summed E-state index contributed by atoms with van der Waals surface area (Å²) in [6, 6.07) is 3.64. The van der Waals surface area contributed by atoms with E-state index in [2.05, 4.69) is 72.8 Å². The summed E-state index contributed by atoms with van der Waals surface area (Å²) >= 11 is 0. The van der Waals surface area contributed by atoms with Crippen molar-refractivity contribution in [2.24, 2.45) is 9.98 Å². The molecular weight excluding hydrogens is 439 g/mol. The van der Waals surface area contributed by atoms with Gasteiger partial charge < -0.3 is 42.1 Å². The molecule has 0 radical (unpaired) electrons. The van der Waals surface area contributed by atoms with Crippen LogP contribution in [0, 0.1) is 22.9 Å². The van der Waals surface area contributed by atoms with Crippen molar-refractivity contribution in [1.29, 1.82) is 10.5 Å². The van der Waals surface area contributed by atoms with Crippen LogP contribution in [0.2, 0.25) is 0 Å². The van der Waals surface area contributed by atoms with E-state index in [-0.39, 0.29) is 27.6 Å². The van der Waals surface area contributed by atoms with Gasteiger partial charge in [-0.15, -0.1) is 12.0 Å². The topological polar surface area (TPSA) is 165 Å². The molecule has 0 bridgehead atoms. The van der Waals surface area contributed by atoms with Gasteiger partial charge in [0.1, 0.15) is 0 Å². The van der Waals surface area contributed by atoms with Crippen molar-refractivity contribution in [3.05, 3.63) is 10.8 Å². The fraction of sp³-hybridized carbons (Fsp3) is 0.800. The second kappa shape index (κ2) is 20.0. The van der Waals surface area contributed by atoms with E-state index in [9.17, 15) is 0 Å². The largest absolute Gasteiger partial charge is 2.00 e. The van der Waals surface area contributed by atoms with Gasteiger partial charge in [0, 0.05) is 49.3 Å². The van der Waals surface area contributed by atoms with Gasteiger partial charge >= 0.3 is 16.5 Å². The molecule has 0 aromatic heterocycles. The molecule has 1 rings (SSSR count). The minimum Gasteiger partial charge on any atom is -0.422 e. The van der Waals surface area contributed by atoms with Crippen molar-refractivity contribution >= 4 is 12.0 Å². The maximum absolute atomic E-state index is 7.43. The number of hydrogen-bond donors (Lipinski definition) is 4. The van der Waals surface area contributed by atoms with Gasteiger partial charge in [-0.25, -0.2) is 0 Å². The molecule has 0 aliphatic carbocycles. The monoisotopic (exact) mass is 474 g/mol. The Hall–Kier alpha value is -1.93. The number of nitriles is 2. The van der Waals surface area contributed by atoms with E-state index >= 15 is 0 Å². The summed E-state index contributed by atoms with van der Waals surface area (Å²) in [5.74, 6) is 0. The Morgan fingerprint density at radius 1 is 0.742 bits per heavy atom. The first-order chi connectivity index (χ1) is 14.0. The normalized spacial score (nSPS) is 22.7. The van der Waals surface area contributed by atoms with Gasteiger partial charge in [-0.2, -0.15) is 10.5 Å². The van der Waals surface area contributed by atoms with E-state index in [0.29, 0.717) is 12.1 Å². The van der Waals surface area contributed by atoms with Crippen LogP contribution in [-0.2, 0) is 16.5 Å². The van der Waals surface area contributed by atoms with Crippen molar-refractivity contribution in [3.8, 4) is 12.4 Å². The molecule has 176 valence electrons. The molecule has 11 heteroatoms. The Balaban J connectivity index is -0.000000595. The predicted octanol–water partition coefficient (Wildman–Crippen LogP) is 1.89. The molecule has 1 aliphatic heterocycles. The fourth-order valence-corrected chi connectivity index (χ4v) is 3.30. The van der Waals surface area contributed by atoms with Gasteiger partial charge in [0.15, 0.2) is 0 Å². The third kappa shape index (κ3) is 24.2. The molecule has 0 aromatic carbocycles. The summed E-state index contributed by atoms with van der Waals surface area (Å²) in [5.41, 5.74) is 0.377. The number of nitrogens with zero attached hydrogens (tertiary/aromatic N) is 6. The molecule has 1 heterocycles. The third-order valence-electron chi connectivity index (χ3n) is 4.28. The summed E-state index contributed by atoms with van der Waals surface area (Å²) in [7, 11) is 0. The molecule has 0 spiro atoms. The van der Waals surface area contributed by atoms with Crippen molar-refractivity contribution in [2.45, 2.75) is 77.5 Å². The Labute approximate surface area is 197 Å². The van der Waals surface area contributed by atoms with E-state index in [4.69, 9.17) is 21.3 Å². The van der Waals surface area contributed by atoms with E-state index in [0.717, 1.165) is 39.0 Å². The first-order valence-electron chi connectivity index (χ1n) is 9.96. The fourth-order valence-electron chi connectivity index (χ4n) is 3.30. The molecule has 1 aliphatic rings. The van der Waals surface area contributed by atoms with Crippen LogP contribution in [0.25, 0.3) is 10.8 Å². The quantitative estimate of drug-likeness (QED) is 0.237. The van der Waals surface area contributed by atoms with E-state index < -0.39 is 0 Å². The zero-order valence-electron chi connectivity index (χ0n) is 19.4. The van der Waals surface area contributed by atoms with Gasteiger partial charge in [0.05, 0.1) is 12.4 Å². The predicted molar refractivity (Wildman–Crippen MR) is 121 cm³/mol. The Morgan fingerprint density at radius 3 is 1.29 bits per heavy atom. The van der Waals surface area contributed by atoms with Gasteiger partial charge in [0.25, 0.3) is 0 Å². The van der Waals surface area contributed by atoms with Gasteiger partial charge in [-0.1, -0.05) is 0 Å². The summed E-state index contributed by atoms with van der Waals surface area (Å²) in [6.07, 6.45) is 4.85. The van der Waals surface area contributed by atoms with Crippen LogP contribution in [0.5, 0.6) is 0 Å². The summed E-state index contributed by atoms with van der Waals surface area (Å²) < 4.78 is 0. The molecule has 2 atom stereocenters. The first kappa shape index (κ1) is 33.7. The number of rotatable bonds is 0. The second-order valence-corrected chi connectivity index (χ2v) is 8.36. The smallest absolute Gasteiger partial charge is 0.422 e. The molecule has 31 heavy (non-hydrogen) atoms. The second-order valence-electron chi connectivity index (χ2n) is 8.36. The first-order valence-corrected chi connectivity index (χ1v) is 9.96. The number of nitrogens with one attached hydrogen (secondary N) is 4. The van der Waals surface area contributed by atoms with Crippen LogP contribution in [0.3, 0.4) is 0 Å². The number of aliphatic imine (C=N–C) groups is 2. The molecule has 0 aromatic rings. The molecule has 0 saturated carbocycles. The molecule has 4 N–H and O–H groups in total. The molecule has 0 unspecified atom stereocenters. The van der Waals surface area contributed by atoms with Crippen LogP contribution in [0.15, 0.2) is 9.98 Å². The average Bonchev–Trinajstić information content (AvgIpc) is 2.63. The SMILES string of the molecule is C[C@@H]1CC(C)(C)NCCN[C@H](C)CC(C)(C)NCCN1.N#CN=C=[N-].N#CN=C=[N-].[Ni+2]. The zero-order valence-corrected chi connectivity index (χ0v) is 20.4. The summed E-state index contributed by atoms with van der Waals surface area (Å²) in [6.45, 7) is 17.8. The van der Waals surface area contributed by atoms with Gasteiger partial charge in [0.2, 0.25) is 0 Å². The third-order valence-corrected chi connectivity index (χ3v) is 4.28. The summed E-state index contributed by atoms with van der Waals surface area (Å²) in [5, 5.41) is 44.3. The minimum atomic E-state index is 0. The summed E-state index contributed by atoms with van der Waals surface area (Å²) in [4.78, 5) is 5.17. The van der Waals surface area contributed by atoms with E-state index in [1.54, 1.807) is 0 Å². The molecule has 1 fully saturated rings. The van der Waals surface area contributed by atoms with Gasteiger partial charge in [-0.05, 0) is 54.4 Å². The molecule has 0 amide bonds. The van der Waals surface area contributed by atoms with Crippen molar-refractivity contribution in [2.75, 3.05) is 26.2 Å².